The summed E-state index contributed by atoms with van der Waals surface area (Å²) in [7, 11) is 1.62. The SMILES string of the molecule is COc1ccc(NC(C(=O)O)C2CCCC(C)C2)cc1. The summed E-state index contributed by atoms with van der Waals surface area (Å²) < 4.78 is 5.11. The normalized spacial score (nSPS) is 23.9. The van der Waals surface area contributed by atoms with Crippen LogP contribution in [0.2, 0.25) is 0 Å². The van der Waals surface area contributed by atoms with Gasteiger partial charge in [-0.15, -0.1) is 0 Å². The topological polar surface area (TPSA) is 58.6 Å². The first-order chi connectivity index (χ1) is 9.60. The molecule has 2 N–H and O–H groups in total. The van der Waals surface area contributed by atoms with Crippen LogP contribution in [0.1, 0.15) is 32.6 Å². The highest BCUT2D eigenvalue weighted by molar-refractivity contribution is 5.77. The first kappa shape index (κ1) is 14.7. The minimum Gasteiger partial charge on any atom is -0.497 e. The lowest BCUT2D eigenvalue weighted by molar-refractivity contribution is -0.139. The zero-order valence-corrected chi connectivity index (χ0v) is 12.1. The van der Waals surface area contributed by atoms with Crippen molar-refractivity contribution >= 4 is 11.7 Å². The third kappa shape index (κ3) is 3.65. The highest BCUT2D eigenvalue weighted by Gasteiger charge is 2.31. The Balaban J connectivity index is 2.06. The van der Waals surface area contributed by atoms with Crippen molar-refractivity contribution in [1.29, 1.82) is 0 Å². The van der Waals surface area contributed by atoms with Gasteiger partial charge in [0.1, 0.15) is 11.8 Å². The van der Waals surface area contributed by atoms with E-state index in [-0.39, 0.29) is 5.92 Å². The van der Waals surface area contributed by atoms with Gasteiger partial charge in [-0.2, -0.15) is 0 Å². The van der Waals surface area contributed by atoms with Gasteiger partial charge >= 0.3 is 5.97 Å². The number of carboxylic acid groups (broad SMARTS) is 1. The number of nitrogens with one attached hydrogen (secondary N) is 1. The number of methoxy groups -OCH3 is 1. The molecule has 1 aromatic rings. The van der Waals surface area contributed by atoms with Crippen molar-refractivity contribution in [3.05, 3.63) is 24.3 Å². The largest absolute Gasteiger partial charge is 0.497 e. The summed E-state index contributed by atoms with van der Waals surface area (Å²) >= 11 is 0. The zero-order chi connectivity index (χ0) is 14.5. The molecule has 1 aliphatic rings. The Morgan fingerprint density at radius 1 is 1.35 bits per heavy atom. The quantitative estimate of drug-likeness (QED) is 0.866. The molecule has 4 nitrogen and oxygen atoms in total. The average molecular weight is 277 g/mol. The second kappa shape index (κ2) is 6.64. The Kier molecular flexibility index (Phi) is 4.88. The van der Waals surface area contributed by atoms with Crippen LogP contribution in [0.15, 0.2) is 24.3 Å². The van der Waals surface area contributed by atoms with E-state index in [4.69, 9.17) is 4.74 Å². The highest BCUT2D eigenvalue weighted by Crippen LogP contribution is 2.32. The van der Waals surface area contributed by atoms with Crippen molar-refractivity contribution in [2.75, 3.05) is 12.4 Å². The maximum absolute atomic E-state index is 11.5. The first-order valence-electron chi connectivity index (χ1n) is 7.23. The number of ether oxygens (including phenoxy) is 1. The molecule has 0 bridgehead atoms. The number of anilines is 1. The molecule has 0 amide bonds. The molecular formula is C16H23NO3. The lowest BCUT2D eigenvalue weighted by Gasteiger charge is -2.32. The molecule has 0 aliphatic heterocycles. The molecule has 0 radical (unpaired) electrons. The van der Waals surface area contributed by atoms with Crippen molar-refractivity contribution in [1.82, 2.24) is 0 Å². The molecule has 110 valence electrons. The van der Waals surface area contributed by atoms with Crippen LogP contribution >= 0.6 is 0 Å². The number of hydrogen-bond donors (Lipinski definition) is 2. The summed E-state index contributed by atoms with van der Waals surface area (Å²) in [5, 5.41) is 12.7. The Hall–Kier alpha value is -1.71. The molecule has 0 heterocycles. The summed E-state index contributed by atoms with van der Waals surface area (Å²) in [5.41, 5.74) is 0.830. The van der Waals surface area contributed by atoms with Gasteiger partial charge in [-0.3, -0.25) is 0 Å². The smallest absolute Gasteiger partial charge is 0.326 e. The average Bonchev–Trinajstić information content (AvgIpc) is 2.45. The van der Waals surface area contributed by atoms with Gasteiger partial charge < -0.3 is 15.2 Å². The fourth-order valence-electron chi connectivity index (χ4n) is 3.03. The predicted molar refractivity (Wildman–Crippen MR) is 79.2 cm³/mol. The van der Waals surface area contributed by atoms with E-state index in [9.17, 15) is 9.90 Å². The van der Waals surface area contributed by atoms with E-state index >= 15 is 0 Å². The summed E-state index contributed by atoms with van der Waals surface area (Å²) in [6, 6.07) is 6.89. The lowest BCUT2D eigenvalue weighted by atomic mass is 9.78. The monoisotopic (exact) mass is 277 g/mol. The van der Waals surface area contributed by atoms with Gasteiger partial charge in [0, 0.05) is 5.69 Å². The van der Waals surface area contributed by atoms with E-state index in [1.54, 1.807) is 7.11 Å². The zero-order valence-electron chi connectivity index (χ0n) is 12.1. The van der Waals surface area contributed by atoms with Crippen molar-refractivity contribution in [3.63, 3.8) is 0 Å². The second-order valence-corrected chi connectivity index (χ2v) is 5.72. The minimum atomic E-state index is -0.764. The Morgan fingerprint density at radius 3 is 2.60 bits per heavy atom. The van der Waals surface area contributed by atoms with Gasteiger partial charge in [-0.25, -0.2) is 4.79 Å². The summed E-state index contributed by atoms with van der Waals surface area (Å²) in [6.07, 6.45) is 4.32. The van der Waals surface area contributed by atoms with E-state index in [0.717, 1.165) is 30.7 Å². The van der Waals surface area contributed by atoms with E-state index in [2.05, 4.69) is 12.2 Å². The first-order valence-corrected chi connectivity index (χ1v) is 7.23. The van der Waals surface area contributed by atoms with Crippen LogP contribution in [0, 0.1) is 11.8 Å². The van der Waals surface area contributed by atoms with E-state index in [1.165, 1.54) is 6.42 Å². The standard InChI is InChI=1S/C16H23NO3/c1-11-4-3-5-12(10-11)15(16(18)19)17-13-6-8-14(20-2)9-7-13/h6-9,11-12,15,17H,3-5,10H2,1-2H3,(H,18,19). The van der Waals surface area contributed by atoms with Crippen molar-refractivity contribution in [2.45, 2.75) is 38.6 Å². The van der Waals surface area contributed by atoms with Crippen molar-refractivity contribution < 1.29 is 14.6 Å². The maximum atomic E-state index is 11.5. The molecule has 4 heteroatoms. The number of benzene rings is 1. The fraction of sp³-hybridized carbons (Fsp3) is 0.562. The summed E-state index contributed by atoms with van der Waals surface area (Å²) in [4.78, 5) is 11.5. The van der Waals surface area contributed by atoms with Crippen LogP contribution in [-0.4, -0.2) is 24.2 Å². The highest BCUT2D eigenvalue weighted by atomic mass is 16.5. The molecule has 20 heavy (non-hydrogen) atoms. The lowest BCUT2D eigenvalue weighted by Crippen LogP contribution is -2.39. The summed E-state index contributed by atoms with van der Waals surface area (Å²) in [6.45, 7) is 2.21. The number of carboxylic acids is 1. The van der Waals surface area contributed by atoms with Gasteiger partial charge in [0.05, 0.1) is 7.11 Å². The molecule has 1 aliphatic carbocycles. The molecule has 2 rings (SSSR count). The van der Waals surface area contributed by atoms with Crippen LogP contribution < -0.4 is 10.1 Å². The van der Waals surface area contributed by atoms with Crippen LogP contribution in [0.25, 0.3) is 0 Å². The molecule has 0 aromatic heterocycles. The molecule has 1 aromatic carbocycles. The number of aliphatic carboxylic acids is 1. The van der Waals surface area contributed by atoms with Crippen LogP contribution in [0.5, 0.6) is 5.75 Å². The maximum Gasteiger partial charge on any atom is 0.326 e. The summed E-state index contributed by atoms with van der Waals surface area (Å²) in [5.74, 6) is 0.834. The van der Waals surface area contributed by atoms with Gasteiger partial charge in [0.25, 0.3) is 0 Å². The molecule has 1 fully saturated rings. The van der Waals surface area contributed by atoms with Gasteiger partial charge in [0.2, 0.25) is 0 Å². The van der Waals surface area contributed by atoms with E-state index in [1.807, 2.05) is 24.3 Å². The van der Waals surface area contributed by atoms with Gasteiger partial charge in [-0.05, 0) is 48.9 Å². The molecule has 3 atom stereocenters. The third-order valence-corrected chi connectivity index (χ3v) is 4.13. The van der Waals surface area contributed by atoms with Crippen LogP contribution in [-0.2, 0) is 4.79 Å². The van der Waals surface area contributed by atoms with E-state index in [0.29, 0.717) is 5.92 Å². The Morgan fingerprint density at radius 2 is 2.05 bits per heavy atom. The molecular weight excluding hydrogens is 254 g/mol. The fourth-order valence-corrected chi connectivity index (χ4v) is 3.03. The number of carbonyl (C=O) groups is 1. The third-order valence-electron chi connectivity index (χ3n) is 4.13. The minimum absolute atomic E-state index is 0.207. The van der Waals surface area contributed by atoms with Crippen LogP contribution in [0.3, 0.4) is 0 Å². The number of hydrogen-bond acceptors (Lipinski definition) is 3. The molecule has 0 spiro atoms. The van der Waals surface area contributed by atoms with Gasteiger partial charge in [-0.1, -0.05) is 19.8 Å². The molecule has 0 saturated heterocycles. The van der Waals surface area contributed by atoms with Crippen molar-refractivity contribution in [2.24, 2.45) is 11.8 Å². The number of rotatable bonds is 5. The van der Waals surface area contributed by atoms with E-state index < -0.39 is 12.0 Å². The Labute approximate surface area is 120 Å². The predicted octanol–water partition coefficient (Wildman–Crippen LogP) is 3.39. The molecule has 3 unspecified atom stereocenters. The van der Waals surface area contributed by atoms with Gasteiger partial charge in [0.15, 0.2) is 0 Å². The Bertz CT molecular complexity index is 444. The van der Waals surface area contributed by atoms with Crippen molar-refractivity contribution in [3.8, 4) is 5.75 Å². The van der Waals surface area contributed by atoms with Crippen LogP contribution in [0.4, 0.5) is 5.69 Å². The second-order valence-electron chi connectivity index (χ2n) is 5.72. The molecule has 1 saturated carbocycles.